The standard InChI is InChI=1S/C20H18ClN3O5/c21-15-3-1-2-4-16(15)22-7-9-23(10-8-22)20(25)6-5-14-11-18-19(29-13-28-18)12-17(14)24(26)27/h1-6,11-12H,7-10,13H2/b6-5+. The molecule has 0 N–H and O–H groups in total. The number of hydrogen-bond donors (Lipinski definition) is 0. The maximum Gasteiger partial charge on any atom is 0.280 e. The van der Waals surface area contributed by atoms with Crippen molar-refractivity contribution in [3.63, 3.8) is 0 Å². The molecule has 0 bridgehead atoms. The molecule has 1 amide bonds. The third kappa shape index (κ3) is 3.97. The first-order chi connectivity index (χ1) is 14.0. The van der Waals surface area contributed by atoms with Crippen LogP contribution in [-0.4, -0.2) is 48.7 Å². The van der Waals surface area contributed by atoms with Gasteiger partial charge in [0.1, 0.15) is 0 Å². The zero-order chi connectivity index (χ0) is 20.4. The highest BCUT2D eigenvalue weighted by Crippen LogP contribution is 2.38. The van der Waals surface area contributed by atoms with Gasteiger partial charge in [-0.25, -0.2) is 0 Å². The van der Waals surface area contributed by atoms with E-state index in [9.17, 15) is 14.9 Å². The zero-order valence-corrected chi connectivity index (χ0v) is 16.2. The molecule has 0 atom stereocenters. The number of amides is 1. The van der Waals surface area contributed by atoms with E-state index in [1.165, 1.54) is 24.3 Å². The second-order valence-electron chi connectivity index (χ2n) is 6.62. The number of nitro groups is 1. The van der Waals surface area contributed by atoms with E-state index < -0.39 is 4.92 Å². The quantitative estimate of drug-likeness (QED) is 0.432. The van der Waals surface area contributed by atoms with Gasteiger partial charge in [0.2, 0.25) is 12.7 Å². The summed E-state index contributed by atoms with van der Waals surface area (Å²) in [4.78, 5) is 27.2. The number of para-hydroxylation sites is 1. The molecule has 0 aromatic heterocycles. The predicted molar refractivity (Wildman–Crippen MR) is 108 cm³/mol. The lowest BCUT2D eigenvalue weighted by Gasteiger charge is -2.36. The molecule has 2 aliphatic heterocycles. The summed E-state index contributed by atoms with van der Waals surface area (Å²) in [5.74, 6) is 0.558. The second-order valence-corrected chi connectivity index (χ2v) is 7.03. The smallest absolute Gasteiger partial charge is 0.280 e. The van der Waals surface area contributed by atoms with Gasteiger partial charge in [0.25, 0.3) is 5.69 Å². The molecule has 0 radical (unpaired) electrons. The summed E-state index contributed by atoms with van der Waals surface area (Å²) in [6.07, 6.45) is 2.80. The van der Waals surface area contributed by atoms with E-state index in [-0.39, 0.29) is 18.4 Å². The molecule has 150 valence electrons. The molecule has 4 rings (SSSR count). The Bertz CT molecular complexity index is 986. The lowest BCUT2D eigenvalue weighted by Crippen LogP contribution is -2.48. The van der Waals surface area contributed by atoms with E-state index in [0.717, 1.165) is 5.69 Å². The molecule has 8 nitrogen and oxygen atoms in total. The molecular weight excluding hydrogens is 398 g/mol. The van der Waals surface area contributed by atoms with Gasteiger partial charge in [0, 0.05) is 32.3 Å². The summed E-state index contributed by atoms with van der Waals surface area (Å²) < 4.78 is 10.5. The molecule has 2 aliphatic rings. The van der Waals surface area contributed by atoms with Crippen LogP contribution in [0.2, 0.25) is 5.02 Å². The third-order valence-corrected chi connectivity index (χ3v) is 5.23. The van der Waals surface area contributed by atoms with Gasteiger partial charge in [-0.3, -0.25) is 14.9 Å². The first-order valence-corrected chi connectivity index (χ1v) is 9.45. The minimum absolute atomic E-state index is 0.0221. The van der Waals surface area contributed by atoms with Crippen LogP contribution in [0.1, 0.15) is 5.56 Å². The fourth-order valence-corrected chi connectivity index (χ4v) is 3.64. The molecule has 0 aliphatic carbocycles. The molecule has 1 saturated heterocycles. The van der Waals surface area contributed by atoms with Crippen LogP contribution in [-0.2, 0) is 4.79 Å². The van der Waals surface area contributed by atoms with Gasteiger partial charge in [-0.2, -0.15) is 0 Å². The Balaban J connectivity index is 1.44. The number of fused-ring (bicyclic) bond motifs is 1. The molecule has 2 heterocycles. The average Bonchev–Trinajstić information content (AvgIpc) is 3.19. The predicted octanol–water partition coefficient (Wildman–Crippen LogP) is 3.34. The SMILES string of the molecule is O=C(/C=C/c1cc2c(cc1[N+](=O)[O-])OCO2)N1CCN(c2ccccc2Cl)CC1. The fraction of sp³-hybridized carbons (Fsp3) is 0.250. The Morgan fingerprint density at radius 1 is 1.10 bits per heavy atom. The number of carbonyl (C=O) groups is 1. The van der Waals surface area contributed by atoms with Crippen LogP contribution in [0.3, 0.4) is 0 Å². The Labute approximate surface area is 172 Å². The molecule has 2 aromatic rings. The molecule has 29 heavy (non-hydrogen) atoms. The van der Waals surface area contributed by atoms with Gasteiger partial charge >= 0.3 is 0 Å². The zero-order valence-electron chi connectivity index (χ0n) is 15.4. The number of piperazine rings is 1. The Morgan fingerprint density at radius 2 is 1.79 bits per heavy atom. The number of ether oxygens (including phenoxy) is 2. The van der Waals surface area contributed by atoms with Crippen molar-refractivity contribution in [2.24, 2.45) is 0 Å². The molecule has 0 spiro atoms. The molecule has 0 saturated carbocycles. The van der Waals surface area contributed by atoms with Crippen LogP contribution in [0.15, 0.2) is 42.5 Å². The Kier molecular flexibility index (Phi) is 5.26. The van der Waals surface area contributed by atoms with Crippen LogP contribution in [0.4, 0.5) is 11.4 Å². The normalized spacial score (nSPS) is 15.8. The van der Waals surface area contributed by atoms with Crippen molar-refractivity contribution >= 4 is 35.0 Å². The van der Waals surface area contributed by atoms with Crippen molar-refractivity contribution in [3.05, 3.63) is 63.2 Å². The van der Waals surface area contributed by atoms with Gasteiger partial charge in [0.05, 0.1) is 27.3 Å². The van der Waals surface area contributed by atoms with Crippen molar-refractivity contribution in [2.75, 3.05) is 37.9 Å². The lowest BCUT2D eigenvalue weighted by molar-refractivity contribution is -0.385. The van der Waals surface area contributed by atoms with Gasteiger partial charge < -0.3 is 19.3 Å². The highest BCUT2D eigenvalue weighted by atomic mass is 35.5. The largest absolute Gasteiger partial charge is 0.454 e. The third-order valence-electron chi connectivity index (χ3n) is 4.91. The van der Waals surface area contributed by atoms with E-state index in [4.69, 9.17) is 21.1 Å². The molecular formula is C20H18ClN3O5. The second kappa shape index (κ2) is 8.00. The summed E-state index contributed by atoms with van der Waals surface area (Å²) in [5, 5.41) is 12.0. The molecule has 9 heteroatoms. The van der Waals surface area contributed by atoms with Crippen LogP contribution in [0, 0.1) is 10.1 Å². The monoisotopic (exact) mass is 415 g/mol. The van der Waals surface area contributed by atoms with Gasteiger partial charge in [-0.1, -0.05) is 23.7 Å². The molecule has 0 unspecified atom stereocenters. The maximum atomic E-state index is 12.6. The maximum absolute atomic E-state index is 12.6. The minimum Gasteiger partial charge on any atom is -0.454 e. The number of benzene rings is 2. The fourth-order valence-electron chi connectivity index (χ4n) is 3.38. The van der Waals surface area contributed by atoms with Crippen LogP contribution in [0.25, 0.3) is 6.08 Å². The number of nitrogens with zero attached hydrogens (tertiary/aromatic N) is 3. The van der Waals surface area contributed by atoms with Crippen LogP contribution < -0.4 is 14.4 Å². The van der Waals surface area contributed by atoms with E-state index >= 15 is 0 Å². The van der Waals surface area contributed by atoms with Crippen molar-refractivity contribution < 1.29 is 19.2 Å². The highest BCUT2D eigenvalue weighted by Gasteiger charge is 2.24. The number of halogens is 1. The van der Waals surface area contributed by atoms with E-state index in [1.54, 1.807) is 4.90 Å². The molecule has 1 fully saturated rings. The van der Waals surface area contributed by atoms with E-state index in [2.05, 4.69) is 4.90 Å². The minimum atomic E-state index is -0.505. The van der Waals surface area contributed by atoms with Crippen molar-refractivity contribution in [2.45, 2.75) is 0 Å². The van der Waals surface area contributed by atoms with Crippen molar-refractivity contribution in [1.29, 1.82) is 0 Å². The first-order valence-electron chi connectivity index (χ1n) is 9.07. The lowest BCUT2D eigenvalue weighted by atomic mass is 10.1. The first kappa shape index (κ1) is 19.1. The summed E-state index contributed by atoms with van der Waals surface area (Å²) in [6.45, 7) is 2.42. The van der Waals surface area contributed by atoms with Crippen molar-refractivity contribution in [1.82, 2.24) is 4.90 Å². The summed E-state index contributed by atoms with van der Waals surface area (Å²) in [5.41, 5.74) is 1.11. The summed E-state index contributed by atoms with van der Waals surface area (Å²) >= 11 is 6.25. The summed E-state index contributed by atoms with van der Waals surface area (Å²) in [6, 6.07) is 10.4. The van der Waals surface area contributed by atoms with Gasteiger partial charge in [0.15, 0.2) is 11.5 Å². The van der Waals surface area contributed by atoms with Crippen molar-refractivity contribution in [3.8, 4) is 11.5 Å². The van der Waals surface area contributed by atoms with Crippen LogP contribution >= 0.6 is 11.6 Å². The highest BCUT2D eigenvalue weighted by molar-refractivity contribution is 6.33. The topological polar surface area (TPSA) is 85.1 Å². The number of carbonyl (C=O) groups excluding carboxylic acids is 1. The van der Waals surface area contributed by atoms with Crippen LogP contribution in [0.5, 0.6) is 11.5 Å². The van der Waals surface area contributed by atoms with Gasteiger partial charge in [-0.15, -0.1) is 0 Å². The Hall–Kier alpha value is -3.26. The van der Waals surface area contributed by atoms with E-state index in [0.29, 0.717) is 48.3 Å². The summed E-state index contributed by atoms with van der Waals surface area (Å²) in [7, 11) is 0. The van der Waals surface area contributed by atoms with Gasteiger partial charge in [-0.05, 0) is 24.3 Å². The number of hydrogen-bond acceptors (Lipinski definition) is 6. The number of anilines is 1. The number of rotatable bonds is 4. The molecule has 2 aromatic carbocycles. The van der Waals surface area contributed by atoms with E-state index in [1.807, 2.05) is 24.3 Å². The average molecular weight is 416 g/mol. The Morgan fingerprint density at radius 3 is 2.48 bits per heavy atom. The number of nitro benzene ring substituents is 1.